The standard InChI is InChI=1S/C13H12ClFN2O4S2/c1-8-2-3-9(6-13(8)22(16,18)19)17-23(20,21)10-4-5-12(15)11(14)7-10/h2-7,17H,1H3,(H2,16,18,19). The number of hydrogen-bond donors (Lipinski definition) is 2. The third kappa shape index (κ3) is 3.99. The van der Waals surface area contributed by atoms with Crippen LogP contribution in [0, 0.1) is 12.7 Å². The van der Waals surface area contributed by atoms with Crippen molar-refractivity contribution < 1.29 is 21.2 Å². The van der Waals surface area contributed by atoms with Gasteiger partial charge in [0.15, 0.2) is 0 Å². The molecule has 2 aromatic carbocycles. The van der Waals surface area contributed by atoms with Gasteiger partial charge < -0.3 is 0 Å². The predicted octanol–water partition coefficient (Wildman–Crippen LogP) is 2.24. The lowest BCUT2D eigenvalue weighted by Crippen LogP contribution is -2.16. The first kappa shape index (κ1) is 17.7. The summed E-state index contributed by atoms with van der Waals surface area (Å²) in [6.45, 7) is 1.53. The van der Waals surface area contributed by atoms with E-state index in [-0.39, 0.29) is 20.5 Å². The fourth-order valence-electron chi connectivity index (χ4n) is 1.83. The summed E-state index contributed by atoms with van der Waals surface area (Å²) in [6, 6.07) is 6.81. The number of aryl methyl sites for hydroxylation is 1. The molecular formula is C13H12ClFN2O4S2. The second-order valence-corrected chi connectivity index (χ2v) is 8.33. The van der Waals surface area contributed by atoms with Crippen molar-refractivity contribution in [1.29, 1.82) is 0 Å². The fraction of sp³-hybridized carbons (Fsp3) is 0.0769. The largest absolute Gasteiger partial charge is 0.280 e. The topological polar surface area (TPSA) is 106 Å². The quantitative estimate of drug-likeness (QED) is 0.850. The molecule has 3 N–H and O–H groups in total. The van der Waals surface area contributed by atoms with E-state index in [4.69, 9.17) is 16.7 Å². The molecule has 124 valence electrons. The van der Waals surface area contributed by atoms with Crippen molar-refractivity contribution in [3.8, 4) is 0 Å². The number of anilines is 1. The SMILES string of the molecule is Cc1ccc(NS(=O)(=O)c2ccc(F)c(Cl)c2)cc1S(N)(=O)=O. The van der Waals surface area contributed by atoms with Crippen LogP contribution in [0.1, 0.15) is 5.56 Å². The van der Waals surface area contributed by atoms with E-state index in [1.807, 2.05) is 0 Å². The van der Waals surface area contributed by atoms with E-state index in [9.17, 15) is 21.2 Å². The first-order chi connectivity index (χ1) is 10.5. The molecule has 0 bridgehead atoms. The van der Waals surface area contributed by atoms with Gasteiger partial charge >= 0.3 is 0 Å². The minimum Gasteiger partial charge on any atom is -0.280 e. The summed E-state index contributed by atoms with van der Waals surface area (Å²) < 4.78 is 62.7. The van der Waals surface area contributed by atoms with Crippen molar-refractivity contribution in [3.63, 3.8) is 0 Å². The van der Waals surface area contributed by atoms with E-state index in [1.165, 1.54) is 19.1 Å². The zero-order valence-electron chi connectivity index (χ0n) is 11.7. The lowest BCUT2D eigenvalue weighted by molar-refractivity contribution is 0.595. The molecule has 2 rings (SSSR count). The molecule has 6 nitrogen and oxygen atoms in total. The second kappa shape index (κ2) is 6.08. The van der Waals surface area contributed by atoms with Gasteiger partial charge in [-0.1, -0.05) is 17.7 Å². The Morgan fingerprint density at radius 2 is 1.74 bits per heavy atom. The number of primary sulfonamides is 1. The Bertz CT molecular complexity index is 975. The van der Waals surface area contributed by atoms with Crippen molar-refractivity contribution in [3.05, 3.63) is 52.8 Å². The number of sulfonamides is 2. The highest BCUT2D eigenvalue weighted by atomic mass is 35.5. The molecule has 0 saturated carbocycles. The molecule has 23 heavy (non-hydrogen) atoms. The van der Waals surface area contributed by atoms with Gasteiger partial charge in [0.2, 0.25) is 10.0 Å². The predicted molar refractivity (Wildman–Crippen MR) is 84.8 cm³/mol. The van der Waals surface area contributed by atoms with Crippen LogP contribution >= 0.6 is 11.6 Å². The highest BCUT2D eigenvalue weighted by Gasteiger charge is 2.18. The van der Waals surface area contributed by atoms with Crippen LogP contribution in [0.25, 0.3) is 0 Å². The number of nitrogens with two attached hydrogens (primary N) is 1. The Hall–Kier alpha value is -1.68. The fourth-order valence-corrected chi connectivity index (χ4v) is 3.96. The van der Waals surface area contributed by atoms with E-state index in [0.29, 0.717) is 5.56 Å². The summed E-state index contributed by atoms with van der Waals surface area (Å²) in [7, 11) is -8.06. The number of hydrogen-bond acceptors (Lipinski definition) is 4. The Balaban J connectivity index is 2.43. The summed E-state index contributed by atoms with van der Waals surface area (Å²) >= 11 is 5.57. The molecule has 0 spiro atoms. The summed E-state index contributed by atoms with van der Waals surface area (Å²) in [5, 5.41) is 4.73. The van der Waals surface area contributed by atoms with Crippen LogP contribution in [0.5, 0.6) is 0 Å². The van der Waals surface area contributed by atoms with Gasteiger partial charge in [0, 0.05) is 0 Å². The van der Waals surface area contributed by atoms with Crippen LogP contribution in [0.3, 0.4) is 0 Å². The summed E-state index contributed by atoms with van der Waals surface area (Å²) in [4.78, 5) is -0.462. The Kier molecular flexibility index (Phi) is 4.67. The maximum atomic E-state index is 13.1. The third-order valence-corrected chi connectivity index (χ3v) is 5.67. The van der Waals surface area contributed by atoms with Crippen LogP contribution < -0.4 is 9.86 Å². The molecule has 0 radical (unpaired) electrons. The lowest BCUT2D eigenvalue weighted by atomic mass is 10.2. The first-order valence-corrected chi connectivity index (χ1v) is 9.53. The highest BCUT2D eigenvalue weighted by Crippen LogP contribution is 2.24. The molecule has 0 heterocycles. The molecule has 0 aliphatic carbocycles. The van der Waals surface area contributed by atoms with E-state index >= 15 is 0 Å². The highest BCUT2D eigenvalue weighted by molar-refractivity contribution is 7.92. The average Bonchev–Trinajstić information content (AvgIpc) is 2.42. The monoisotopic (exact) mass is 378 g/mol. The Morgan fingerprint density at radius 1 is 1.09 bits per heavy atom. The third-order valence-electron chi connectivity index (χ3n) is 2.95. The van der Waals surface area contributed by atoms with Crippen molar-refractivity contribution >= 4 is 37.3 Å². The molecule has 2 aromatic rings. The van der Waals surface area contributed by atoms with Crippen LogP contribution in [-0.2, 0) is 20.0 Å². The number of halogens is 2. The van der Waals surface area contributed by atoms with Gasteiger partial charge in [0.25, 0.3) is 10.0 Å². The van der Waals surface area contributed by atoms with Gasteiger partial charge in [0.1, 0.15) is 5.82 Å². The Labute approximate surface area is 138 Å². The molecule has 0 atom stereocenters. The summed E-state index contributed by atoms with van der Waals surface area (Å²) in [5.41, 5.74) is 0.375. The molecule has 0 aromatic heterocycles. The number of nitrogens with one attached hydrogen (secondary N) is 1. The van der Waals surface area contributed by atoms with Crippen LogP contribution in [0.2, 0.25) is 5.02 Å². The van der Waals surface area contributed by atoms with Gasteiger partial charge in [-0.2, -0.15) is 0 Å². The van der Waals surface area contributed by atoms with E-state index in [2.05, 4.69) is 4.72 Å². The minimum absolute atomic E-state index is 0.0000671. The molecule has 0 saturated heterocycles. The second-order valence-electron chi connectivity index (χ2n) is 4.71. The summed E-state index contributed by atoms with van der Waals surface area (Å²) in [6.07, 6.45) is 0. The van der Waals surface area contributed by atoms with E-state index < -0.39 is 25.9 Å². The number of rotatable bonds is 4. The van der Waals surface area contributed by atoms with Crippen molar-refractivity contribution in [1.82, 2.24) is 0 Å². The molecule has 0 aliphatic rings. The summed E-state index contributed by atoms with van der Waals surface area (Å²) in [5.74, 6) is -0.752. The molecular weight excluding hydrogens is 367 g/mol. The van der Waals surface area contributed by atoms with E-state index in [0.717, 1.165) is 24.3 Å². The zero-order valence-corrected chi connectivity index (χ0v) is 14.1. The van der Waals surface area contributed by atoms with Gasteiger partial charge in [-0.15, -0.1) is 0 Å². The van der Waals surface area contributed by atoms with Gasteiger partial charge in [-0.05, 0) is 42.8 Å². The van der Waals surface area contributed by atoms with Crippen LogP contribution in [-0.4, -0.2) is 16.8 Å². The first-order valence-electron chi connectivity index (χ1n) is 6.12. The van der Waals surface area contributed by atoms with Gasteiger partial charge in [0.05, 0.1) is 20.5 Å². The maximum absolute atomic E-state index is 13.1. The molecule has 10 heteroatoms. The zero-order chi connectivity index (χ0) is 17.4. The van der Waals surface area contributed by atoms with Crippen molar-refractivity contribution in [2.24, 2.45) is 5.14 Å². The van der Waals surface area contributed by atoms with Gasteiger partial charge in [-0.25, -0.2) is 26.4 Å². The van der Waals surface area contributed by atoms with Crippen LogP contribution in [0.4, 0.5) is 10.1 Å². The molecule has 0 fully saturated rings. The maximum Gasteiger partial charge on any atom is 0.261 e. The van der Waals surface area contributed by atoms with Crippen molar-refractivity contribution in [2.45, 2.75) is 16.7 Å². The molecule has 0 amide bonds. The lowest BCUT2D eigenvalue weighted by Gasteiger charge is -2.11. The van der Waals surface area contributed by atoms with Gasteiger partial charge in [-0.3, -0.25) is 4.72 Å². The van der Waals surface area contributed by atoms with E-state index in [1.54, 1.807) is 0 Å². The molecule has 0 aliphatic heterocycles. The number of benzene rings is 2. The molecule has 0 unspecified atom stereocenters. The average molecular weight is 379 g/mol. The van der Waals surface area contributed by atoms with Crippen molar-refractivity contribution in [2.75, 3.05) is 4.72 Å². The minimum atomic E-state index is -4.06. The smallest absolute Gasteiger partial charge is 0.261 e. The van der Waals surface area contributed by atoms with Crippen LogP contribution in [0.15, 0.2) is 46.2 Å². The normalized spacial score (nSPS) is 12.2. The Morgan fingerprint density at radius 3 is 2.30 bits per heavy atom.